The summed E-state index contributed by atoms with van der Waals surface area (Å²) in [4.78, 5) is 12.4. The highest BCUT2D eigenvalue weighted by molar-refractivity contribution is 5.99. The molecule has 2 atom stereocenters. The van der Waals surface area contributed by atoms with Crippen molar-refractivity contribution in [1.82, 2.24) is 5.32 Å². The van der Waals surface area contributed by atoms with E-state index in [2.05, 4.69) is 12.2 Å². The number of carbonyl (C=O) groups is 1. The maximum Gasteiger partial charge on any atom is 0.202 e. The zero-order valence-electron chi connectivity index (χ0n) is 10.7. The smallest absolute Gasteiger partial charge is 0.202 e. The van der Waals surface area contributed by atoms with Crippen LogP contribution in [0.4, 0.5) is 0 Å². The van der Waals surface area contributed by atoms with Gasteiger partial charge in [0.25, 0.3) is 0 Å². The molecule has 0 saturated carbocycles. The van der Waals surface area contributed by atoms with Crippen LogP contribution in [-0.2, 0) is 0 Å². The van der Waals surface area contributed by atoms with Crippen LogP contribution < -0.4 is 5.32 Å². The minimum Gasteiger partial charge on any atom is -0.453 e. The summed E-state index contributed by atoms with van der Waals surface area (Å²) < 4.78 is 5.67. The zero-order chi connectivity index (χ0) is 12.7. The van der Waals surface area contributed by atoms with Gasteiger partial charge in [0.05, 0.1) is 0 Å². The molecule has 1 aliphatic heterocycles. The molecule has 2 aromatic rings. The second kappa shape index (κ2) is 4.25. The molecule has 3 rings (SSSR count). The van der Waals surface area contributed by atoms with Crippen LogP contribution in [0.15, 0.2) is 28.7 Å². The summed E-state index contributed by atoms with van der Waals surface area (Å²) in [5.74, 6) is 1.05. The van der Waals surface area contributed by atoms with Gasteiger partial charge in [-0.15, -0.1) is 0 Å². The van der Waals surface area contributed by atoms with E-state index in [4.69, 9.17) is 4.42 Å². The van der Waals surface area contributed by atoms with Crippen molar-refractivity contribution in [2.75, 3.05) is 13.1 Å². The van der Waals surface area contributed by atoms with E-state index in [0.29, 0.717) is 11.7 Å². The molecular weight excluding hydrogens is 226 g/mol. The van der Waals surface area contributed by atoms with Gasteiger partial charge in [0.15, 0.2) is 5.76 Å². The Hall–Kier alpha value is -1.61. The minimum atomic E-state index is 0.0478. The Kier molecular flexibility index (Phi) is 2.71. The number of ketones is 1. The van der Waals surface area contributed by atoms with Crippen LogP contribution in [0.5, 0.6) is 0 Å². The first-order valence-corrected chi connectivity index (χ1v) is 6.40. The van der Waals surface area contributed by atoms with Crippen molar-refractivity contribution >= 4 is 16.8 Å². The van der Waals surface area contributed by atoms with E-state index < -0.39 is 0 Å². The van der Waals surface area contributed by atoms with E-state index in [-0.39, 0.29) is 11.7 Å². The molecule has 1 saturated heterocycles. The number of hydrogen-bond acceptors (Lipinski definition) is 3. The van der Waals surface area contributed by atoms with E-state index in [9.17, 15) is 4.79 Å². The summed E-state index contributed by atoms with van der Waals surface area (Å²) in [5.41, 5.74) is 1.97. The molecule has 0 spiro atoms. The number of Topliss-reactive ketones (excluding diaryl/α,β-unsaturated/α-hetero) is 1. The highest BCUT2D eigenvalue weighted by Gasteiger charge is 2.32. The summed E-state index contributed by atoms with van der Waals surface area (Å²) in [6, 6.07) is 7.85. The zero-order valence-corrected chi connectivity index (χ0v) is 10.7. The van der Waals surface area contributed by atoms with Gasteiger partial charge in [0.1, 0.15) is 5.58 Å². The maximum atomic E-state index is 12.4. The van der Waals surface area contributed by atoms with E-state index in [1.807, 2.05) is 31.2 Å². The van der Waals surface area contributed by atoms with Crippen molar-refractivity contribution in [2.24, 2.45) is 11.8 Å². The lowest BCUT2D eigenvalue weighted by Gasteiger charge is -2.10. The summed E-state index contributed by atoms with van der Waals surface area (Å²) in [6.45, 7) is 5.82. The molecule has 1 aromatic carbocycles. The Morgan fingerprint density at radius 2 is 2.17 bits per heavy atom. The van der Waals surface area contributed by atoms with Crippen molar-refractivity contribution < 1.29 is 9.21 Å². The molecule has 3 heteroatoms. The highest BCUT2D eigenvalue weighted by atomic mass is 16.3. The molecule has 1 aliphatic rings. The lowest BCUT2D eigenvalue weighted by molar-refractivity contribution is 0.0881. The molecule has 1 N–H and O–H groups in total. The van der Waals surface area contributed by atoms with Gasteiger partial charge in [-0.05, 0) is 37.6 Å². The summed E-state index contributed by atoms with van der Waals surface area (Å²) in [7, 11) is 0. The van der Waals surface area contributed by atoms with Crippen LogP contribution in [0.25, 0.3) is 11.0 Å². The van der Waals surface area contributed by atoms with Crippen LogP contribution in [0.1, 0.15) is 23.0 Å². The van der Waals surface area contributed by atoms with Gasteiger partial charge in [-0.3, -0.25) is 4.79 Å². The van der Waals surface area contributed by atoms with Gasteiger partial charge < -0.3 is 9.73 Å². The minimum absolute atomic E-state index is 0.0478. The van der Waals surface area contributed by atoms with E-state index >= 15 is 0 Å². The molecule has 94 valence electrons. The van der Waals surface area contributed by atoms with Crippen molar-refractivity contribution in [3.63, 3.8) is 0 Å². The maximum absolute atomic E-state index is 12.4. The number of fused-ring (bicyclic) bond motifs is 1. The molecule has 3 nitrogen and oxygen atoms in total. The second-order valence-corrected chi connectivity index (χ2v) is 5.26. The fourth-order valence-corrected chi connectivity index (χ4v) is 2.63. The SMILES string of the molecule is Cc1ccc2oc(C(=O)C3CNCC3C)cc2c1. The summed E-state index contributed by atoms with van der Waals surface area (Å²) in [6.07, 6.45) is 0. The Morgan fingerprint density at radius 3 is 2.89 bits per heavy atom. The number of nitrogens with one attached hydrogen (secondary N) is 1. The summed E-state index contributed by atoms with van der Waals surface area (Å²) in [5, 5.41) is 4.26. The topological polar surface area (TPSA) is 42.2 Å². The Balaban J connectivity index is 1.96. The van der Waals surface area contributed by atoms with Crippen LogP contribution in [0.2, 0.25) is 0 Å². The number of aryl methyl sites for hydroxylation is 1. The van der Waals surface area contributed by atoms with Crippen molar-refractivity contribution in [3.8, 4) is 0 Å². The molecule has 0 aliphatic carbocycles. The molecule has 2 unspecified atom stereocenters. The van der Waals surface area contributed by atoms with Gasteiger partial charge in [-0.2, -0.15) is 0 Å². The van der Waals surface area contributed by atoms with Crippen LogP contribution in [0.3, 0.4) is 0 Å². The lowest BCUT2D eigenvalue weighted by atomic mass is 9.92. The predicted molar refractivity (Wildman–Crippen MR) is 70.8 cm³/mol. The van der Waals surface area contributed by atoms with Crippen molar-refractivity contribution in [3.05, 3.63) is 35.6 Å². The predicted octanol–water partition coefficient (Wildman–Crippen LogP) is 2.78. The average molecular weight is 243 g/mol. The average Bonchev–Trinajstić information content (AvgIpc) is 2.93. The number of carbonyl (C=O) groups excluding carboxylic acids is 1. The number of furan rings is 1. The van der Waals surface area contributed by atoms with Gasteiger partial charge in [-0.1, -0.05) is 18.6 Å². The van der Waals surface area contributed by atoms with Crippen LogP contribution in [-0.4, -0.2) is 18.9 Å². The van der Waals surface area contributed by atoms with Crippen molar-refractivity contribution in [2.45, 2.75) is 13.8 Å². The first-order valence-electron chi connectivity index (χ1n) is 6.40. The van der Waals surface area contributed by atoms with Gasteiger partial charge >= 0.3 is 0 Å². The standard InChI is InChI=1S/C15H17NO2/c1-9-3-4-13-11(5-9)6-14(18-13)15(17)12-8-16-7-10(12)2/h3-6,10,12,16H,7-8H2,1-2H3. The van der Waals surface area contributed by atoms with Gasteiger partial charge in [0.2, 0.25) is 5.78 Å². The molecule has 2 heterocycles. The van der Waals surface area contributed by atoms with Crippen LogP contribution >= 0.6 is 0 Å². The third-order valence-corrected chi connectivity index (χ3v) is 3.77. The fraction of sp³-hybridized carbons (Fsp3) is 0.400. The number of benzene rings is 1. The number of rotatable bonds is 2. The van der Waals surface area contributed by atoms with Gasteiger partial charge in [0, 0.05) is 17.8 Å². The molecule has 1 aromatic heterocycles. The lowest BCUT2D eigenvalue weighted by Crippen LogP contribution is -2.20. The largest absolute Gasteiger partial charge is 0.453 e. The Bertz CT molecular complexity index is 600. The summed E-state index contributed by atoms with van der Waals surface area (Å²) >= 11 is 0. The Morgan fingerprint density at radius 1 is 1.33 bits per heavy atom. The van der Waals surface area contributed by atoms with E-state index in [0.717, 1.165) is 24.1 Å². The van der Waals surface area contributed by atoms with E-state index in [1.54, 1.807) is 0 Å². The molecule has 0 bridgehead atoms. The third kappa shape index (κ3) is 1.85. The molecule has 0 radical (unpaired) electrons. The van der Waals surface area contributed by atoms with Crippen LogP contribution in [0, 0.1) is 18.8 Å². The van der Waals surface area contributed by atoms with Gasteiger partial charge in [-0.25, -0.2) is 0 Å². The monoisotopic (exact) mass is 243 g/mol. The van der Waals surface area contributed by atoms with E-state index in [1.165, 1.54) is 5.56 Å². The first kappa shape index (κ1) is 11.5. The number of hydrogen-bond donors (Lipinski definition) is 1. The molecule has 18 heavy (non-hydrogen) atoms. The third-order valence-electron chi connectivity index (χ3n) is 3.77. The normalized spacial score (nSPS) is 23.7. The Labute approximate surface area is 106 Å². The second-order valence-electron chi connectivity index (χ2n) is 5.26. The van der Waals surface area contributed by atoms with Crippen molar-refractivity contribution in [1.29, 1.82) is 0 Å². The molecule has 0 amide bonds. The first-order chi connectivity index (χ1) is 8.65. The fourth-order valence-electron chi connectivity index (χ4n) is 2.63. The quantitative estimate of drug-likeness (QED) is 0.825. The molecular formula is C15H17NO2. The highest BCUT2D eigenvalue weighted by Crippen LogP contribution is 2.26. The molecule has 1 fully saturated rings.